The van der Waals surface area contributed by atoms with Crippen molar-refractivity contribution >= 4 is 28.9 Å². The first-order valence-electron chi connectivity index (χ1n) is 12.6. The smallest absolute Gasteiger partial charge is 0.404 e. The highest BCUT2D eigenvalue weighted by molar-refractivity contribution is 5.89. The number of aromatic nitrogens is 5. The summed E-state index contributed by atoms with van der Waals surface area (Å²) in [6.45, 7) is 6.79. The Morgan fingerprint density at radius 3 is 2.66 bits per heavy atom. The first-order valence-corrected chi connectivity index (χ1v) is 12.6. The summed E-state index contributed by atoms with van der Waals surface area (Å²) in [4.78, 5) is 27.1. The number of carbonyl (C=O) groups is 1. The minimum absolute atomic E-state index is 0.0656. The predicted octanol–water partition coefficient (Wildman–Crippen LogP) is 4.22. The van der Waals surface area contributed by atoms with Crippen molar-refractivity contribution in [1.82, 2.24) is 30.5 Å². The van der Waals surface area contributed by atoms with Crippen LogP contribution >= 0.6 is 0 Å². The van der Waals surface area contributed by atoms with Gasteiger partial charge >= 0.3 is 6.09 Å². The summed E-state index contributed by atoms with van der Waals surface area (Å²) < 4.78 is 5.23. The Morgan fingerprint density at radius 2 is 1.95 bits per heavy atom. The van der Waals surface area contributed by atoms with Crippen molar-refractivity contribution in [2.24, 2.45) is 5.41 Å². The Bertz CT molecular complexity index is 1430. The van der Waals surface area contributed by atoms with E-state index in [0.717, 1.165) is 65.7 Å². The van der Waals surface area contributed by atoms with Gasteiger partial charge in [0, 0.05) is 43.5 Å². The molecule has 0 saturated carbocycles. The predicted molar refractivity (Wildman–Crippen MR) is 146 cm³/mol. The molecule has 4 N–H and O–H groups in total. The normalized spacial score (nSPS) is 14.9. The number of nitrogens with one attached hydrogen (secondary N) is 3. The number of hydrogen-bond acceptors (Lipinski definition) is 8. The van der Waals surface area contributed by atoms with Crippen LogP contribution in [0.25, 0.3) is 22.4 Å². The van der Waals surface area contributed by atoms with Gasteiger partial charge in [-0.1, -0.05) is 19.1 Å². The lowest BCUT2D eigenvalue weighted by Gasteiger charge is -2.39. The lowest BCUT2D eigenvalue weighted by molar-refractivity contribution is 0.178. The van der Waals surface area contributed by atoms with E-state index in [1.807, 2.05) is 37.3 Å². The number of anilines is 2. The van der Waals surface area contributed by atoms with E-state index in [0.29, 0.717) is 24.3 Å². The number of nitrogens with zero attached hydrogens (tertiary/aromatic N) is 5. The molecular weight excluding hydrogens is 484 g/mol. The van der Waals surface area contributed by atoms with E-state index in [4.69, 9.17) is 19.8 Å². The molecule has 4 heterocycles. The number of piperidine rings is 1. The van der Waals surface area contributed by atoms with Crippen LogP contribution in [0.3, 0.4) is 0 Å². The molecule has 0 bridgehead atoms. The third kappa shape index (κ3) is 5.31. The number of fused-ring (bicyclic) bond motifs is 1. The van der Waals surface area contributed by atoms with Crippen LogP contribution in [0.1, 0.15) is 30.9 Å². The van der Waals surface area contributed by atoms with E-state index in [1.165, 1.54) is 0 Å². The maximum absolute atomic E-state index is 10.9. The monoisotopic (exact) mass is 516 g/mol. The molecule has 1 aromatic carbocycles. The van der Waals surface area contributed by atoms with Crippen molar-refractivity contribution in [2.45, 2.75) is 33.2 Å². The number of methoxy groups -OCH3 is 1. The fraction of sp³-hybridized carbons (Fsp3) is 0.370. The number of ether oxygens (including phenoxy) is 1. The van der Waals surface area contributed by atoms with E-state index >= 15 is 0 Å². The highest BCUT2D eigenvalue weighted by atomic mass is 16.5. The number of hydrogen-bond donors (Lipinski definition) is 4. The highest BCUT2D eigenvalue weighted by Gasteiger charge is 2.31. The van der Waals surface area contributed by atoms with Gasteiger partial charge in [-0.15, -0.1) is 0 Å². The van der Waals surface area contributed by atoms with Crippen LogP contribution in [0.15, 0.2) is 42.7 Å². The summed E-state index contributed by atoms with van der Waals surface area (Å²) in [6, 6.07) is 9.88. The fourth-order valence-electron chi connectivity index (χ4n) is 4.78. The van der Waals surface area contributed by atoms with Crippen LogP contribution in [0.5, 0.6) is 5.75 Å². The fourth-order valence-corrected chi connectivity index (χ4v) is 4.78. The van der Waals surface area contributed by atoms with Gasteiger partial charge in [0.1, 0.15) is 22.9 Å². The number of carboxylic acid groups (broad SMARTS) is 1. The Morgan fingerprint density at radius 1 is 1.18 bits per heavy atom. The Labute approximate surface area is 220 Å². The molecule has 0 unspecified atom stereocenters. The molecule has 1 fully saturated rings. The van der Waals surface area contributed by atoms with Gasteiger partial charge in [-0.3, -0.25) is 5.10 Å². The largest absolute Gasteiger partial charge is 0.497 e. The third-order valence-corrected chi connectivity index (χ3v) is 7.31. The number of pyridine rings is 1. The molecule has 4 aromatic rings. The van der Waals surface area contributed by atoms with Crippen LogP contribution in [0, 0.1) is 12.3 Å². The highest BCUT2D eigenvalue weighted by Crippen LogP contribution is 2.34. The zero-order chi connectivity index (χ0) is 26.7. The molecule has 0 atom stereocenters. The first kappa shape index (κ1) is 25.2. The lowest BCUT2D eigenvalue weighted by atomic mass is 9.80. The van der Waals surface area contributed by atoms with E-state index in [-0.39, 0.29) is 5.41 Å². The lowest BCUT2D eigenvalue weighted by Crippen LogP contribution is -2.44. The summed E-state index contributed by atoms with van der Waals surface area (Å²) in [7, 11) is 1.66. The van der Waals surface area contributed by atoms with Crippen molar-refractivity contribution in [3.8, 4) is 17.0 Å². The Hall–Kier alpha value is -4.41. The van der Waals surface area contributed by atoms with Gasteiger partial charge in [0.25, 0.3) is 0 Å². The second-order valence-corrected chi connectivity index (χ2v) is 9.99. The SMILES string of the molecule is COc1ccc(CNc2nccc(-c3[nH]nc4nc(N5CCC(C)(CNC(=O)O)CC5)cnc34)c2C)cc1. The molecule has 0 aliphatic carbocycles. The number of aromatic amines is 1. The zero-order valence-corrected chi connectivity index (χ0v) is 21.8. The summed E-state index contributed by atoms with van der Waals surface area (Å²) >= 11 is 0. The molecule has 11 nitrogen and oxygen atoms in total. The second-order valence-electron chi connectivity index (χ2n) is 9.99. The van der Waals surface area contributed by atoms with Crippen molar-refractivity contribution in [3.05, 3.63) is 53.9 Å². The minimum atomic E-state index is -0.983. The van der Waals surface area contributed by atoms with E-state index < -0.39 is 6.09 Å². The van der Waals surface area contributed by atoms with E-state index in [1.54, 1.807) is 19.5 Å². The average Bonchev–Trinajstić information content (AvgIpc) is 3.35. The summed E-state index contributed by atoms with van der Waals surface area (Å²) in [6.07, 6.45) is 4.31. The maximum atomic E-state index is 10.9. The molecular formula is C27H32N8O3. The maximum Gasteiger partial charge on any atom is 0.404 e. The number of H-pyrrole nitrogens is 1. The van der Waals surface area contributed by atoms with Crippen LogP contribution in [-0.2, 0) is 6.54 Å². The van der Waals surface area contributed by atoms with Gasteiger partial charge in [-0.2, -0.15) is 5.10 Å². The third-order valence-electron chi connectivity index (χ3n) is 7.31. The van der Waals surface area contributed by atoms with Gasteiger partial charge < -0.3 is 25.4 Å². The Kier molecular flexibility index (Phi) is 6.99. The van der Waals surface area contributed by atoms with Crippen LogP contribution in [0.4, 0.5) is 16.4 Å². The number of amides is 1. The van der Waals surface area contributed by atoms with Crippen molar-refractivity contribution < 1.29 is 14.6 Å². The molecule has 38 heavy (non-hydrogen) atoms. The standard InChI is InChI=1S/C27H32N8O3/c1-17-20(8-11-28-24(17)30-14-18-4-6-19(38-3)7-5-18)22-23-25(34-33-22)32-21(15-29-23)35-12-9-27(2,10-13-35)16-31-26(36)37/h4-8,11,15,31H,9-10,12-14,16H2,1-3H3,(H,28,30)(H,36,37)(H,32,33,34). The molecule has 11 heteroatoms. The molecule has 0 spiro atoms. The molecule has 1 aliphatic heterocycles. The van der Waals surface area contributed by atoms with Crippen molar-refractivity contribution in [1.29, 1.82) is 0 Å². The summed E-state index contributed by atoms with van der Waals surface area (Å²) in [5.41, 5.74) is 5.07. The number of rotatable bonds is 8. The van der Waals surface area contributed by atoms with E-state index in [2.05, 4.69) is 37.6 Å². The summed E-state index contributed by atoms with van der Waals surface area (Å²) in [5, 5.41) is 22.5. The topological polar surface area (TPSA) is 141 Å². The summed E-state index contributed by atoms with van der Waals surface area (Å²) in [5.74, 6) is 2.39. The molecule has 0 radical (unpaired) electrons. The Balaban J connectivity index is 1.30. The molecule has 1 amide bonds. The molecule has 1 saturated heterocycles. The van der Waals surface area contributed by atoms with Crippen LogP contribution in [0.2, 0.25) is 0 Å². The van der Waals surface area contributed by atoms with Gasteiger partial charge in [0.2, 0.25) is 5.65 Å². The van der Waals surface area contributed by atoms with E-state index in [9.17, 15) is 4.79 Å². The van der Waals surface area contributed by atoms with Crippen molar-refractivity contribution in [3.63, 3.8) is 0 Å². The molecule has 198 valence electrons. The first-order chi connectivity index (χ1) is 18.3. The van der Waals surface area contributed by atoms with Gasteiger partial charge in [0.15, 0.2) is 0 Å². The van der Waals surface area contributed by atoms with Crippen LogP contribution in [-0.4, -0.2) is 63.1 Å². The molecule has 1 aliphatic rings. The van der Waals surface area contributed by atoms with Crippen LogP contribution < -0.4 is 20.3 Å². The molecule has 3 aromatic heterocycles. The van der Waals surface area contributed by atoms with Gasteiger partial charge in [-0.05, 0) is 48.9 Å². The second kappa shape index (κ2) is 10.5. The minimum Gasteiger partial charge on any atom is -0.497 e. The average molecular weight is 517 g/mol. The van der Waals surface area contributed by atoms with Gasteiger partial charge in [0.05, 0.1) is 19.0 Å². The quantitative estimate of drug-likeness (QED) is 0.271. The zero-order valence-electron chi connectivity index (χ0n) is 21.8. The van der Waals surface area contributed by atoms with Gasteiger partial charge in [-0.25, -0.2) is 19.7 Å². The number of benzene rings is 1. The van der Waals surface area contributed by atoms with Crippen molar-refractivity contribution in [2.75, 3.05) is 37.0 Å². The molecule has 5 rings (SSSR count).